The first-order valence-electron chi connectivity index (χ1n) is 5.44. The third-order valence-corrected chi connectivity index (χ3v) is 3.79. The average molecular weight is 204 g/mol. The fraction of sp³-hybridized carbons (Fsp3) is 0.500. The largest absolute Gasteiger partial charge is 0.508 e. The highest BCUT2D eigenvalue weighted by molar-refractivity contribution is 5.63. The molecule has 1 unspecified atom stereocenters. The normalized spacial score (nSPS) is 29.3. The predicted molar refractivity (Wildman–Crippen MR) is 60.3 cm³/mol. The second-order valence-corrected chi connectivity index (χ2v) is 4.64. The number of anilines is 1. The summed E-state index contributed by atoms with van der Waals surface area (Å²) < 4.78 is 0. The summed E-state index contributed by atoms with van der Waals surface area (Å²) in [6.07, 6.45) is 1.68. The van der Waals surface area contributed by atoms with Gasteiger partial charge in [-0.15, -0.1) is 0 Å². The Morgan fingerprint density at radius 3 is 2.93 bits per heavy atom. The van der Waals surface area contributed by atoms with E-state index in [2.05, 4.69) is 23.9 Å². The Hall–Kier alpha value is -1.22. The van der Waals surface area contributed by atoms with E-state index in [9.17, 15) is 5.11 Å². The lowest BCUT2D eigenvalue weighted by Crippen LogP contribution is -2.39. The minimum atomic E-state index is 0.386. The highest BCUT2D eigenvalue weighted by Crippen LogP contribution is 2.47. The standard InChI is InChI=1S/C12H16N2O/c1-13-6-5-9-10-7-8(15)3-4-11(10)14(2)12(9)13/h3-4,7,9,12,15H,5-6H2,1-2H3/t9?,12-/m1/s1. The molecule has 0 radical (unpaired) electrons. The van der Waals surface area contributed by atoms with E-state index in [1.165, 1.54) is 17.7 Å². The number of benzene rings is 1. The van der Waals surface area contributed by atoms with Gasteiger partial charge in [0, 0.05) is 25.2 Å². The van der Waals surface area contributed by atoms with Crippen molar-refractivity contribution in [3.05, 3.63) is 23.8 Å². The highest BCUT2D eigenvalue weighted by atomic mass is 16.3. The van der Waals surface area contributed by atoms with Crippen LogP contribution in [0.4, 0.5) is 5.69 Å². The zero-order chi connectivity index (χ0) is 10.6. The summed E-state index contributed by atoms with van der Waals surface area (Å²) in [6, 6.07) is 5.73. The fourth-order valence-corrected chi connectivity index (χ4v) is 3.12. The fourth-order valence-electron chi connectivity index (χ4n) is 3.12. The van der Waals surface area contributed by atoms with E-state index in [4.69, 9.17) is 0 Å². The number of nitrogens with zero attached hydrogens (tertiary/aromatic N) is 2. The van der Waals surface area contributed by atoms with Crippen molar-refractivity contribution in [3.8, 4) is 5.75 Å². The van der Waals surface area contributed by atoms with E-state index in [0.717, 1.165) is 6.54 Å². The maximum atomic E-state index is 9.54. The molecule has 1 N–H and O–H groups in total. The molecule has 1 saturated heterocycles. The van der Waals surface area contributed by atoms with E-state index in [1.807, 2.05) is 12.1 Å². The first kappa shape index (κ1) is 9.04. The molecule has 3 rings (SSSR count). The zero-order valence-corrected chi connectivity index (χ0v) is 9.14. The number of phenolic OH excluding ortho intramolecular Hbond substituents is 1. The lowest BCUT2D eigenvalue weighted by atomic mass is 9.98. The third kappa shape index (κ3) is 1.10. The van der Waals surface area contributed by atoms with Gasteiger partial charge in [0.2, 0.25) is 0 Å². The zero-order valence-electron chi connectivity index (χ0n) is 9.14. The van der Waals surface area contributed by atoms with Crippen molar-refractivity contribution in [2.24, 2.45) is 0 Å². The molecule has 1 fully saturated rings. The van der Waals surface area contributed by atoms with Crippen LogP contribution in [0.2, 0.25) is 0 Å². The van der Waals surface area contributed by atoms with Crippen molar-refractivity contribution in [1.29, 1.82) is 0 Å². The monoisotopic (exact) mass is 204 g/mol. The molecule has 0 bridgehead atoms. The summed E-state index contributed by atoms with van der Waals surface area (Å²) in [7, 11) is 4.31. The van der Waals surface area contributed by atoms with Crippen LogP contribution in [0, 0.1) is 0 Å². The van der Waals surface area contributed by atoms with Gasteiger partial charge in [-0.2, -0.15) is 0 Å². The molecule has 0 saturated carbocycles. The van der Waals surface area contributed by atoms with Gasteiger partial charge in [-0.3, -0.25) is 4.90 Å². The van der Waals surface area contributed by atoms with Gasteiger partial charge in [-0.25, -0.2) is 0 Å². The molecule has 1 aromatic carbocycles. The molecule has 0 spiro atoms. The molecule has 0 aliphatic carbocycles. The lowest BCUT2D eigenvalue weighted by Gasteiger charge is -2.28. The number of rotatable bonds is 0. The summed E-state index contributed by atoms with van der Waals surface area (Å²) in [5.74, 6) is 0.958. The molecule has 3 nitrogen and oxygen atoms in total. The number of hydrogen-bond acceptors (Lipinski definition) is 3. The Morgan fingerprint density at radius 2 is 2.13 bits per heavy atom. The van der Waals surface area contributed by atoms with E-state index in [1.54, 1.807) is 6.07 Å². The van der Waals surface area contributed by atoms with Gasteiger partial charge >= 0.3 is 0 Å². The third-order valence-electron chi connectivity index (χ3n) is 3.79. The average Bonchev–Trinajstić information content (AvgIpc) is 2.70. The molecule has 2 atom stereocenters. The summed E-state index contributed by atoms with van der Waals surface area (Å²) in [6.45, 7) is 1.15. The van der Waals surface area contributed by atoms with Crippen LogP contribution in [0.15, 0.2) is 18.2 Å². The van der Waals surface area contributed by atoms with E-state index in [-0.39, 0.29) is 0 Å². The topological polar surface area (TPSA) is 26.7 Å². The molecule has 2 aliphatic rings. The Kier molecular flexibility index (Phi) is 1.74. The second-order valence-electron chi connectivity index (χ2n) is 4.64. The minimum Gasteiger partial charge on any atom is -0.508 e. The Balaban J connectivity index is 2.11. The number of aromatic hydroxyl groups is 1. The van der Waals surface area contributed by atoms with Gasteiger partial charge in [0.25, 0.3) is 0 Å². The van der Waals surface area contributed by atoms with Crippen LogP contribution in [0.25, 0.3) is 0 Å². The Labute approximate surface area is 89.9 Å². The summed E-state index contributed by atoms with van der Waals surface area (Å²) in [5, 5.41) is 9.54. The molecular formula is C12H16N2O. The molecule has 0 aromatic heterocycles. The number of likely N-dealkylation sites (tertiary alicyclic amines) is 1. The molecule has 80 valence electrons. The molecule has 1 aromatic rings. The molecule has 3 heteroatoms. The van der Waals surface area contributed by atoms with E-state index < -0.39 is 0 Å². The lowest BCUT2D eigenvalue weighted by molar-refractivity contribution is 0.305. The van der Waals surface area contributed by atoms with Crippen molar-refractivity contribution < 1.29 is 5.11 Å². The van der Waals surface area contributed by atoms with Crippen LogP contribution in [-0.2, 0) is 0 Å². The van der Waals surface area contributed by atoms with Gasteiger partial charge in [0.1, 0.15) is 5.75 Å². The first-order valence-corrected chi connectivity index (χ1v) is 5.44. The van der Waals surface area contributed by atoms with E-state index in [0.29, 0.717) is 17.8 Å². The summed E-state index contributed by atoms with van der Waals surface area (Å²) in [5.41, 5.74) is 2.58. The molecule has 2 aliphatic heterocycles. The molecule has 15 heavy (non-hydrogen) atoms. The predicted octanol–water partition coefficient (Wildman–Crippen LogP) is 1.59. The molecule has 2 heterocycles. The van der Waals surface area contributed by atoms with Crippen molar-refractivity contribution in [2.45, 2.75) is 18.5 Å². The van der Waals surface area contributed by atoms with E-state index >= 15 is 0 Å². The quantitative estimate of drug-likeness (QED) is 0.695. The van der Waals surface area contributed by atoms with Gasteiger partial charge in [0.15, 0.2) is 0 Å². The number of hydrogen-bond donors (Lipinski definition) is 1. The highest BCUT2D eigenvalue weighted by Gasteiger charge is 2.42. The van der Waals surface area contributed by atoms with Crippen molar-refractivity contribution in [1.82, 2.24) is 4.90 Å². The van der Waals surface area contributed by atoms with Crippen molar-refractivity contribution >= 4 is 5.69 Å². The van der Waals surface area contributed by atoms with Gasteiger partial charge in [0.05, 0.1) is 6.17 Å². The number of likely N-dealkylation sites (N-methyl/N-ethyl adjacent to an activating group) is 2. The van der Waals surface area contributed by atoms with Crippen molar-refractivity contribution in [3.63, 3.8) is 0 Å². The smallest absolute Gasteiger partial charge is 0.116 e. The van der Waals surface area contributed by atoms with Gasteiger partial charge in [-0.05, 0) is 37.2 Å². The van der Waals surface area contributed by atoms with Crippen LogP contribution in [0.1, 0.15) is 17.9 Å². The summed E-state index contributed by atoms with van der Waals surface area (Å²) >= 11 is 0. The van der Waals surface area contributed by atoms with Crippen LogP contribution in [0.5, 0.6) is 5.75 Å². The Morgan fingerprint density at radius 1 is 1.33 bits per heavy atom. The second kappa shape index (κ2) is 2.89. The number of phenols is 1. The maximum Gasteiger partial charge on any atom is 0.116 e. The minimum absolute atomic E-state index is 0.386. The van der Waals surface area contributed by atoms with Crippen LogP contribution in [-0.4, -0.2) is 36.8 Å². The number of fused-ring (bicyclic) bond motifs is 3. The Bertz CT molecular complexity index is 405. The summed E-state index contributed by atoms with van der Waals surface area (Å²) in [4.78, 5) is 4.72. The van der Waals surface area contributed by atoms with Crippen LogP contribution >= 0.6 is 0 Å². The van der Waals surface area contributed by atoms with Gasteiger partial charge < -0.3 is 10.0 Å². The van der Waals surface area contributed by atoms with Crippen molar-refractivity contribution in [2.75, 3.05) is 25.5 Å². The molecule has 0 amide bonds. The molecular weight excluding hydrogens is 188 g/mol. The first-order chi connectivity index (χ1) is 7.18. The van der Waals surface area contributed by atoms with Crippen LogP contribution < -0.4 is 4.90 Å². The maximum absolute atomic E-state index is 9.54. The van der Waals surface area contributed by atoms with Crippen LogP contribution in [0.3, 0.4) is 0 Å². The van der Waals surface area contributed by atoms with Gasteiger partial charge in [-0.1, -0.05) is 0 Å². The SMILES string of the molecule is CN1CCC2c3cc(O)ccc3N(C)[C@H]21.